The van der Waals surface area contributed by atoms with Gasteiger partial charge in [-0.3, -0.25) is 0 Å². The van der Waals surface area contributed by atoms with E-state index in [9.17, 15) is 0 Å². The largest absolute Gasteiger partial charge is 0.493 e. The van der Waals surface area contributed by atoms with Crippen LogP contribution in [0.15, 0.2) is 24.5 Å². The molecule has 5 heteroatoms. The minimum Gasteiger partial charge on any atom is -0.493 e. The van der Waals surface area contributed by atoms with E-state index in [2.05, 4.69) is 33.6 Å². The van der Waals surface area contributed by atoms with E-state index in [1.807, 2.05) is 11.7 Å². The van der Waals surface area contributed by atoms with Crippen LogP contribution >= 0.6 is 0 Å². The number of aromatic nitrogens is 3. The van der Waals surface area contributed by atoms with Gasteiger partial charge in [-0.05, 0) is 30.7 Å². The molecule has 0 saturated heterocycles. The molecule has 0 aliphatic carbocycles. The van der Waals surface area contributed by atoms with Gasteiger partial charge < -0.3 is 10.1 Å². The van der Waals surface area contributed by atoms with Crippen LogP contribution in [0, 0.1) is 0 Å². The van der Waals surface area contributed by atoms with Gasteiger partial charge in [-0.1, -0.05) is 12.1 Å². The SMILES string of the molecule is CNCc1ncnn1CCc1ccc2c(c1)CCO2. The van der Waals surface area contributed by atoms with Gasteiger partial charge in [0.15, 0.2) is 0 Å². The molecule has 2 heterocycles. The van der Waals surface area contributed by atoms with Crippen molar-refractivity contribution in [2.24, 2.45) is 0 Å². The summed E-state index contributed by atoms with van der Waals surface area (Å²) in [5.74, 6) is 2.02. The Morgan fingerprint density at radius 2 is 2.37 bits per heavy atom. The Morgan fingerprint density at radius 3 is 3.26 bits per heavy atom. The zero-order valence-corrected chi connectivity index (χ0v) is 11.1. The average Bonchev–Trinajstić information content (AvgIpc) is 3.05. The van der Waals surface area contributed by atoms with Gasteiger partial charge >= 0.3 is 0 Å². The maximum atomic E-state index is 5.52. The Kier molecular flexibility index (Phi) is 3.46. The molecule has 1 aromatic carbocycles. The molecule has 1 aliphatic rings. The minimum atomic E-state index is 0.748. The molecule has 5 nitrogen and oxygen atoms in total. The van der Waals surface area contributed by atoms with Crippen LogP contribution in [-0.2, 0) is 25.9 Å². The summed E-state index contributed by atoms with van der Waals surface area (Å²) in [4.78, 5) is 4.25. The van der Waals surface area contributed by atoms with E-state index in [1.165, 1.54) is 11.1 Å². The molecule has 0 fully saturated rings. The van der Waals surface area contributed by atoms with Crippen molar-refractivity contribution in [3.05, 3.63) is 41.5 Å². The lowest BCUT2D eigenvalue weighted by molar-refractivity contribution is 0.357. The molecule has 0 unspecified atom stereocenters. The van der Waals surface area contributed by atoms with Crippen LogP contribution in [0.5, 0.6) is 5.75 Å². The van der Waals surface area contributed by atoms with Gasteiger partial charge in [0.1, 0.15) is 17.9 Å². The number of hydrogen-bond donors (Lipinski definition) is 1. The topological polar surface area (TPSA) is 52.0 Å². The molecule has 19 heavy (non-hydrogen) atoms. The van der Waals surface area contributed by atoms with E-state index in [4.69, 9.17) is 4.74 Å². The van der Waals surface area contributed by atoms with Crippen LogP contribution in [0.3, 0.4) is 0 Å². The molecule has 0 bridgehead atoms. The first-order chi connectivity index (χ1) is 9.36. The summed E-state index contributed by atoms with van der Waals surface area (Å²) < 4.78 is 7.48. The lowest BCUT2D eigenvalue weighted by Gasteiger charge is -2.07. The summed E-state index contributed by atoms with van der Waals surface area (Å²) in [5, 5.41) is 7.37. The van der Waals surface area contributed by atoms with E-state index in [0.717, 1.165) is 44.1 Å². The zero-order valence-electron chi connectivity index (χ0n) is 11.1. The Balaban J connectivity index is 1.67. The van der Waals surface area contributed by atoms with Crippen molar-refractivity contribution in [2.75, 3.05) is 13.7 Å². The fourth-order valence-corrected chi connectivity index (χ4v) is 2.40. The van der Waals surface area contributed by atoms with E-state index in [-0.39, 0.29) is 0 Å². The van der Waals surface area contributed by atoms with Crippen molar-refractivity contribution < 1.29 is 4.74 Å². The van der Waals surface area contributed by atoms with Crippen LogP contribution in [0.4, 0.5) is 0 Å². The normalized spacial score (nSPS) is 13.3. The first-order valence-corrected chi connectivity index (χ1v) is 6.62. The number of fused-ring (bicyclic) bond motifs is 1. The van der Waals surface area contributed by atoms with E-state index >= 15 is 0 Å². The van der Waals surface area contributed by atoms with Crippen molar-refractivity contribution in [1.82, 2.24) is 20.1 Å². The quantitative estimate of drug-likeness (QED) is 0.875. The highest BCUT2D eigenvalue weighted by Gasteiger charge is 2.12. The predicted molar refractivity (Wildman–Crippen MR) is 72.1 cm³/mol. The number of aryl methyl sites for hydroxylation is 2. The Bertz CT molecular complexity index is 564. The Labute approximate surface area is 112 Å². The molecule has 1 aliphatic heterocycles. The highest BCUT2D eigenvalue weighted by Crippen LogP contribution is 2.26. The van der Waals surface area contributed by atoms with Gasteiger partial charge in [-0.2, -0.15) is 5.10 Å². The fraction of sp³-hybridized carbons (Fsp3) is 0.429. The predicted octanol–water partition coefficient (Wildman–Crippen LogP) is 1.18. The molecular formula is C14H18N4O. The van der Waals surface area contributed by atoms with Crippen LogP contribution < -0.4 is 10.1 Å². The molecule has 2 aromatic rings. The molecule has 1 N–H and O–H groups in total. The average molecular weight is 258 g/mol. The molecule has 0 amide bonds. The van der Waals surface area contributed by atoms with Crippen LogP contribution in [0.25, 0.3) is 0 Å². The van der Waals surface area contributed by atoms with Gasteiger partial charge in [0, 0.05) is 13.0 Å². The number of benzene rings is 1. The number of nitrogens with zero attached hydrogens (tertiary/aromatic N) is 3. The van der Waals surface area contributed by atoms with Gasteiger partial charge in [0.25, 0.3) is 0 Å². The van der Waals surface area contributed by atoms with Crippen molar-refractivity contribution in [3.8, 4) is 5.75 Å². The summed E-state index contributed by atoms with van der Waals surface area (Å²) in [5.41, 5.74) is 2.65. The third kappa shape index (κ3) is 2.61. The monoisotopic (exact) mass is 258 g/mol. The van der Waals surface area contributed by atoms with Crippen molar-refractivity contribution >= 4 is 0 Å². The molecule has 100 valence electrons. The second kappa shape index (κ2) is 5.40. The molecule has 0 saturated carbocycles. The lowest BCUT2D eigenvalue weighted by Crippen LogP contribution is -2.14. The first-order valence-electron chi connectivity index (χ1n) is 6.62. The van der Waals surface area contributed by atoms with Crippen LogP contribution in [0.2, 0.25) is 0 Å². The van der Waals surface area contributed by atoms with E-state index < -0.39 is 0 Å². The first kappa shape index (κ1) is 12.2. The summed E-state index contributed by atoms with van der Waals surface area (Å²) in [6.07, 6.45) is 3.61. The van der Waals surface area contributed by atoms with Gasteiger partial charge in [0.2, 0.25) is 0 Å². The number of rotatable bonds is 5. The minimum absolute atomic E-state index is 0.748. The molecule has 1 aromatic heterocycles. The van der Waals surface area contributed by atoms with Crippen LogP contribution in [0.1, 0.15) is 17.0 Å². The van der Waals surface area contributed by atoms with Gasteiger partial charge in [-0.25, -0.2) is 9.67 Å². The number of nitrogens with one attached hydrogen (secondary N) is 1. The lowest BCUT2D eigenvalue weighted by atomic mass is 10.1. The molecule has 3 rings (SSSR count). The van der Waals surface area contributed by atoms with Crippen molar-refractivity contribution in [3.63, 3.8) is 0 Å². The second-order valence-electron chi connectivity index (χ2n) is 4.72. The summed E-state index contributed by atoms with van der Waals surface area (Å²) in [7, 11) is 1.92. The molecule has 0 radical (unpaired) electrons. The number of ether oxygens (including phenoxy) is 1. The third-order valence-corrected chi connectivity index (χ3v) is 3.40. The standard InChI is InChI=1S/C14H18N4O/c1-15-9-14-16-10-17-18(14)6-4-11-2-3-13-12(8-11)5-7-19-13/h2-3,8,10,15H,4-7,9H2,1H3. The maximum absolute atomic E-state index is 5.52. The third-order valence-electron chi connectivity index (χ3n) is 3.40. The summed E-state index contributed by atoms with van der Waals surface area (Å²) in [6, 6.07) is 6.46. The fourth-order valence-electron chi connectivity index (χ4n) is 2.40. The molecule has 0 spiro atoms. The highest BCUT2D eigenvalue weighted by atomic mass is 16.5. The van der Waals surface area contributed by atoms with Crippen LogP contribution in [-0.4, -0.2) is 28.4 Å². The molecular weight excluding hydrogens is 240 g/mol. The Hall–Kier alpha value is -1.88. The van der Waals surface area contributed by atoms with E-state index in [1.54, 1.807) is 6.33 Å². The smallest absolute Gasteiger partial charge is 0.140 e. The number of hydrogen-bond acceptors (Lipinski definition) is 4. The summed E-state index contributed by atoms with van der Waals surface area (Å²) in [6.45, 7) is 2.42. The summed E-state index contributed by atoms with van der Waals surface area (Å²) >= 11 is 0. The van der Waals surface area contributed by atoms with Crippen molar-refractivity contribution in [1.29, 1.82) is 0 Å². The Morgan fingerprint density at radius 1 is 1.42 bits per heavy atom. The molecule has 0 atom stereocenters. The van der Waals surface area contributed by atoms with Gasteiger partial charge in [-0.15, -0.1) is 0 Å². The maximum Gasteiger partial charge on any atom is 0.140 e. The van der Waals surface area contributed by atoms with Gasteiger partial charge in [0.05, 0.1) is 13.2 Å². The highest BCUT2D eigenvalue weighted by molar-refractivity contribution is 5.39. The zero-order chi connectivity index (χ0) is 13.1. The second-order valence-corrected chi connectivity index (χ2v) is 4.72. The van der Waals surface area contributed by atoms with E-state index in [0.29, 0.717) is 0 Å². The van der Waals surface area contributed by atoms with Crippen molar-refractivity contribution in [2.45, 2.75) is 25.9 Å².